The van der Waals surface area contributed by atoms with Crippen LogP contribution >= 0.6 is 0 Å². The standard InChI is InChI=1S/C19H27N3O5/c1-13-16(19(24)22-8-11-25-12-9-22)20-17(27-13)14-4-6-21(7-5-14)18(23)15-3-2-10-26-15/h14-15H,2-12H2,1H3/t15-/m0/s1. The van der Waals surface area contributed by atoms with Gasteiger partial charge in [-0.05, 0) is 32.6 Å². The first kappa shape index (κ1) is 18.4. The molecule has 1 aromatic heterocycles. The number of carbonyl (C=O) groups excluding carboxylic acids is 2. The lowest BCUT2D eigenvalue weighted by atomic mass is 9.96. The Balaban J connectivity index is 1.37. The molecule has 0 radical (unpaired) electrons. The third kappa shape index (κ3) is 3.87. The minimum atomic E-state index is -0.261. The van der Waals surface area contributed by atoms with E-state index in [1.807, 2.05) is 4.90 Å². The summed E-state index contributed by atoms with van der Waals surface area (Å²) in [6.45, 7) is 6.13. The Morgan fingerprint density at radius 3 is 2.41 bits per heavy atom. The van der Waals surface area contributed by atoms with Crippen molar-refractivity contribution in [2.24, 2.45) is 0 Å². The molecule has 0 aliphatic carbocycles. The zero-order valence-electron chi connectivity index (χ0n) is 15.8. The van der Waals surface area contributed by atoms with E-state index in [-0.39, 0.29) is 23.8 Å². The number of hydrogen-bond donors (Lipinski definition) is 0. The summed E-state index contributed by atoms with van der Waals surface area (Å²) in [5.74, 6) is 1.35. The molecule has 2 amide bonds. The molecule has 8 nitrogen and oxygen atoms in total. The zero-order chi connectivity index (χ0) is 18.8. The van der Waals surface area contributed by atoms with Gasteiger partial charge in [0, 0.05) is 38.7 Å². The number of piperidine rings is 1. The van der Waals surface area contributed by atoms with Crippen LogP contribution in [0.3, 0.4) is 0 Å². The summed E-state index contributed by atoms with van der Waals surface area (Å²) in [4.78, 5) is 33.3. The number of likely N-dealkylation sites (tertiary alicyclic amines) is 1. The molecule has 8 heteroatoms. The van der Waals surface area contributed by atoms with Crippen molar-refractivity contribution in [2.45, 2.75) is 44.6 Å². The number of carbonyl (C=O) groups is 2. The molecular weight excluding hydrogens is 350 g/mol. The van der Waals surface area contributed by atoms with Gasteiger partial charge >= 0.3 is 0 Å². The number of amides is 2. The highest BCUT2D eigenvalue weighted by molar-refractivity contribution is 5.93. The molecule has 3 fully saturated rings. The highest BCUT2D eigenvalue weighted by Gasteiger charge is 2.33. The molecule has 1 atom stereocenters. The lowest BCUT2D eigenvalue weighted by molar-refractivity contribution is -0.142. The summed E-state index contributed by atoms with van der Waals surface area (Å²) in [5.41, 5.74) is 0.407. The fraction of sp³-hybridized carbons (Fsp3) is 0.737. The fourth-order valence-corrected chi connectivity index (χ4v) is 4.03. The van der Waals surface area contributed by atoms with Crippen LogP contribution in [0.15, 0.2) is 4.42 Å². The average molecular weight is 377 g/mol. The van der Waals surface area contributed by atoms with Gasteiger partial charge < -0.3 is 23.7 Å². The molecule has 0 bridgehead atoms. The molecule has 148 valence electrons. The molecule has 4 rings (SSSR count). The summed E-state index contributed by atoms with van der Waals surface area (Å²) in [7, 11) is 0. The zero-order valence-corrected chi connectivity index (χ0v) is 15.8. The van der Waals surface area contributed by atoms with Gasteiger partial charge in [-0.2, -0.15) is 0 Å². The minimum absolute atomic E-state index is 0.0863. The molecule has 27 heavy (non-hydrogen) atoms. The van der Waals surface area contributed by atoms with Gasteiger partial charge in [0.05, 0.1) is 13.2 Å². The fourth-order valence-electron chi connectivity index (χ4n) is 4.03. The third-order valence-corrected chi connectivity index (χ3v) is 5.68. The first-order chi connectivity index (χ1) is 13.1. The lowest BCUT2D eigenvalue weighted by Gasteiger charge is -2.32. The second-order valence-electron chi connectivity index (χ2n) is 7.46. The largest absolute Gasteiger partial charge is 0.445 e. The number of aromatic nitrogens is 1. The Morgan fingerprint density at radius 2 is 1.74 bits per heavy atom. The van der Waals surface area contributed by atoms with Crippen molar-refractivity contribution in [3.05, 3.63) is 17.3 Å². The number of ether oxygens (including phenoxy) is 2. The van der Waals surface area contributed by atoms with E-state index in [1.165, 1.54) is 0 Å². The van der Waals surface area contributed by atoms with Gasteiger partial charge in [-0.15, -0.1) is 0 Å². The number of nitrogens with zero attached hydrogens (tertiary/aromatic N) is 3. The van der Waals surface area contributed by atoms with Crippen LogP contribution < -0.4 is 0 Å². The van der Waals surface area contributed by atoms with Crippen molar-refractivity contribution in [1.29, 1.82) is 0 Å². The van der Waals surface area contributed by atoms with E-state index in [1.54, 1.807) is 11.8 Å². The van der Waals surface area contributed by atoms with E-state index in [2.05, 4.69) is 4.98 Å². The smallest absolute Gasteiger partial charge is 0.276 e. The Morgan fingerprint density at radius 1 is 1.00 bits per heavy atom. The molecule has 3 saturated heterocycles. The van der Waals surface area contributed by atoms with Gasteiger partial charge in [0.25, 0.3) is 11.8 Å². The molecule has 3 aliphatic rings. The molecule has 0 N–H and O–H groups in total. The van der Waals surface area contributed by atoms with E-state index in [4.69, 9.17) is 13.9 Å². The molecule has 3 aliphatic heterocycles. The predicted octanol–water partition coefficient (Wildman–Crippen LogP) is 1.34. The maximum absolute atomic E-state index is 12.7. The number of rotatable bonds is 3. The summed E-state index contributed by atoms with van der Waals surface area (Å²) >= 11 is 0. The summed E-state index contributed by atoms with van der Waals surface area (Å²) in [5, 5.41) is 0. The SMILES string of the molecule is Cc1oc(C2CCN(C(=O)[C@@H]3CCCO3)CC2)nc1C(=O)N1CCOCC1. The maximum atomic E-state index is 12.7. The van der Waals surface area contributed by atoms with Crippen molar-refractivity contribution in [3.8, 4) is 0 Å². The van der Waals surface area contributed by atoms with Crippen LogP contribution in [0.2, 0.25) is 0 Å². The number of aryl methyl sites for hydroxylation is 1. The lowest BCUT2D eigenvalue weighted by Crippen LogP contribution is -2.43. The second-order valence-corrected chi connectivity index (χ2v) is 7.46. The molecule has 0 saturated carbocycles. The van der Waals surface area contributed by atoms with E-state index in [0.29, 0.717) is 63.3 Å². The molecule has 0 spiro atoms. The van der Waals surface area contributed by atoms with Gasteiger partial charge in [0.15, 0.2) is 11.6 Å². The quantitative estimate of drug-likeness (QED) is 0.790. The van der Waals surface area contributed by atoms with Crippen LogP contribution in [-0.2, 0) is 14.3 Å². The average Bonchev–Trinajstić information content (AvgIpc) is 3.38. The number of morpholine rings is 1. The molecule has 1 aromatic rings. The number of oxazole rings is 1. The first-order valence-electron chi connectivity index (χ1n) is 9.88. The van der Waals surface area contributed by atoms with E-state index < -0.39 is 0 Å². The Bertz CT molecular complexity index is 684. The van der Waals surface area contributed by atoms with Gasteiger partial charge in [0.1, 0.15) is 11.9 Å². The Hall–Kier alpha value is -1.93. The van der Waals surface area contributed by atoms with Crippen LogP contribution in [0.5, 0.6) is 0 Å². The molecule has 4 heterocycles. The Labute approximate surface area is 158 Å². The van der Waals surface area contributed by atoms with Crippen molar-refractivity contribution in [1.82, 2.24) is 14.8 Å². The van der Waals surface area contributed by atoms with Crippen LogP contribution in [0.1, 0.15) is 53.7 Å². The van der Waals surface area contributed by atoms with Crippen molar-refractivity contribution in [3.63, 3.8) is 0 Å². The maximum Gasteiger partial charge on any atom is 0.276 e. The summed E-state index contributed by atoms with van der Waals surface area (Å²) < 4.78 is 16.7. The topological polar surface area (TPSA) is 85.1 Å². The van der Waals surface area contributed by atoms with Crippen molar-refractivity contribution in [2.75, 3.05) is 46.0 Å². The van der Waals surface area contributed by atoms with Crippen LogP contribution in [0.25, 0.3) is 0 Å². The van der Waals surface area contributed by atoms with Crippen LogP contribution in [0.4, 0.5) is 0 Å². The normalized spacial score (nSPS) is 24.4. The van der Waals surface area contributed by atoms with E-state index in [9.17, 15) is 9.59 Å². The Kier molecular flexibility index (Phi) is 5.45. The van der Waals surface area contributed by atoms with Gasteiger partial charge in [-0.1, -0.05) is 0 Å². The highest BCUT2D eigenvalue weighted by atomic mass is 16.5. The van der Waals surface area contributed by atoms with Gasteiger partial charge in [0.2, 0.25) is 0 Å². The van der Waals surface area contributed by atoms with E-state index in [0.717, 1.165) is 25.7 Å². The first-order valence-corrected chi connectivity index (χ1v) is 9.88. The van der Waals surface area contributed by atoms with Gasteiger partial charge in [-0.3, -0.25) is 9.59 Å². The monoisotopic (exact) mass is 377 g/mol. The summed E-state index contributed by atoms with van der Waals surface area (Å²) in [6, 6.07) is 0. The highest BCUT2D eigenvalue weighted by Crippen LogP contribution is 2.30. The molecule has 0 unspecified atom stereocenters. The van der Waals surface area contributed by atoms with Crippen LogP contribution in [-0.4, -0.2) is 78.7 Å². The summed E-state index contributed by atoms with van der Waals surface area (Å²) in [6.07, 6.45) is 3.11. The third-order valence-electron chi connectivity index (χ3n) is 5.68. The van der Waals surface area contributed by atoms with Crippen molar-refractivity contribution < 1.29 is 23.5 Å². The molecular formula is C19H27N3O5. The van der Waals surface area contributed by atoms with Crippen molar-refractivity contribution >= 4 is 11.8 Å². The van der Waals surface area contributed by atoms with Crippen LogP contribution in [0, 0.1) is 6.92 Å². The molecule has 0 aromatic carbocycles. The predicted molar refractivity (Wildman–Crippen MR) is 95.5 cm³/mol. The minimum Gasteiger partial charge on any atom is -0.445 e. The van der Waals surface area contributed by atoms with Gasteiger partial charge in [-0.25, -0.2) is 4.98 Å². The second kappa shape index (κ2) is 7.98. The van der Waals surface area contributed by atoms with E-state index >= 15 is 0 Å². The number of hydrogen-bond acceptors (Lipinski definition) is 6.